The molecule has 2 heterocycles. The van der Waals surface area contributed by atoms with E-state index in [-0.39, 0.29) is 29.8 Å². The van der Waals surface area contributed by atoms with Crippen molar-refractivity contribution in [3.63, 3.8) is 0 Å². The number of nitrogens with zero attached hydrogens (tertiary/aromatic N) is 1. The normalized spacial score (nSPS) is 20.6. The van der Waals surface area contributed by atoms with Crippen LogP contribution in [0.15, 0.2) is 48.7 Å². The Kier molecular flexibility index (Phi) is 6.77. The molecule has 7 nitrogen and oxygen atoms in total. The fourth-order valence-corrected chi connectivity index (χ4v) is 5.30. The second-order valence-corrected chi connectivity index (χ2v) is 9.80. The minimum atomic E-state index is -0.171. The fourth-order valence-electron chi connectivity index (χ4n) is 5.08. The van der Waals surface area contributed by atoms with Crippen LogP contribution in [0.3, 0.4) is 0 Å². The number of hydrogen-bond acceptors (Lipinski definition) is 3. The Bertz CT molecular complexity index is 1250. The van der Waals surface area contributed by atoms with Crippen molar-refractivity contribution in [2.24, 2.45) is 0 Å². The molecule has 5 rings (SSSR count). The van der Waals surface area contributed by atoms with Crippen LogP contribution in [-0.2, 0) is 4.79 Å². The van der Waals surface area contributed by atoms with Crippen LogP contribution in [0.4, 0.5) is 5.69 Å². The highest BCUT2D eigenvalue weighted by Crippen LogP contribution is 2.25. The van der Waals surface area contributed by atoms with E-state index >= 15 is 0 Å². The SMILES string of the molecule is O=C(NC1CCCC[C@H]1NC(=O)c1ccc2c(Cl)c[nH]c2c1)c1ccc(N2CCCCC2=O)cc1. The van der Waals surface area contributed by atoms with Gasteiger partial charge >= 0.3 is 0 Å². The van der Waals surface area contributed by atoms with Gasteiger partial charge in [0.15, 0.2) is 0 Å². The summed E-state index contributed by atoms with van der Waals surface area (Å²) in [5.41, 5.74) is 2.73. The van der Waals surface area contributed by atoms with E-state index in [1.807, 2.05) is 18.2 Å². The molecule has 1 saturated heterocycles. The molecule has 0 radical (unpaired) electrons. The summed E-state index contributed by atoms with van der Waals surface area (Å²) in [5, 5.41) is 7.75. The van der Waals surface area contributed by atoms with Crippen molar-refractivity contribution in [3.05, 3.63) is 64.8 Å². The number of aromatic nitrogens is 1. The van der Waals surface area contributed by atoms with E-state index in [9.17, 15) is 14.4 Å². The van der Waals surface area contributed by atoms with Crippen LogP contribution >= 0.6 is 11.6 Å². The van der Waals surface area contributed by atoms with Crippen molar-refractivity contribution in [2.75, 3.05) is 11.4 Å². The Morgan fingerprint density at radius 2 is 1.54 bits per heavy atom. The molecule has 0 bridgehead atoms. The second kappa shape index (κ2) is 10.1. The molecule has 2 fully saturated rings. The largest absolute Gasteiger partial charge is 0.360 e. The molecule has 1 aromatic heterocycles. The van der Waals surface area contributed by atoms with Gasteiger partial charge in [-0.2, -0.15) is 0 Å². The Morgan fingerprint density at radius 3 is 2.23 bits per heavy atom. The Labute approximate surface area is 209 Å². The number of anilines is 1. The van der Waals surface area contributed by atoms with Gasteiger partial charge in [0.05, 0.1) is 5.02 Å². The standard InChI is InChI=1S/C27H29ClN4O3/c28-21-16-29-24-15-18(10-13-20(21)24)27(35)31-23-6-2-1-5-22(23)30-26(34)17-8-11-19(12-9-17)32-14-4-3-7-25(32)33/h8-13,15-16,22-23,29H,1-7,14H2,(H,30,34)(H,31,35)/t22?,23-/m1/s1. The first-order valence-electron chi connectivity index (χ1n) is 12.3. The number of benzene rings is 2. The highest BCUT2D eigenvalue weighted by Gasteiger charge is 2.29. The van der Waals surface area contributed by atoms with E-state index in [0.29, 0.717) is 22.6 Å². The number of carbonyl (C=O) groups excluding carboxylic acids is 3. The topological polar surface area (TPSA) is 94.3 Å². The van der Waals surface area contributed by atoms with Gasteiger partial charge in [-0.1, -0.05) is 30.5 Å². The van der Waals surface area contributed by atoms with E-state index in [2.05, 4.69) is 15.6 Å². The lowest BCUT2D eigenvalue weighted by molar-refractivity contribution is -0.119. The minimum Gasteiger partial charge on any atom is -0.360 e. The summed E-state index contributed by atoms with van der Waals surface area (Å²) in [4.78, 5) is 43.0. The zero-order valence-electron chi connectivity index (χ0n) is 19.5. The minimum absolute atomic E-state index is 0.132. The quantitative estimate of drug-likeness (QED) is 0.477. The summed E-state index contributed by atoms with van der Waals surface area (Å²) in [6.45, 7) is 0.720. The number of fused-ring (bicyclic) bond motifs is 1. The molecule has 3 N–H and O–H groups in total. The molecule has 2 atom stereocenters. The van der Waals surface area contributed by atoms with Crippen LogP contribution in [0.25, 0.3) is 10.9 Å². The molecule has 3 aromatic rings. The van der Waals surface area contributed by atoms with Gasteiger partial charge in [-0.05, 0) is 62.1 Å². The number of piperidine rings is 1. The summed E-state index contributed by atoms with van der Waals surface area (Å²) in [6.07, 6.45) is 7.83. The molecule has 2 aromatic carbocycles. The Balaban J connectivity index is 1.24. The third kappa shape index (κ3) is 5.05. The third-order valence-corrected chi connectivity index (χ3v) is 7.37. The van der Waals surface area contributed by atoms with Crippen LogP contribution in [0.2, 0.25) is 5.02 Å². The summed E-state index contributed by atoms with van der Waals surface area (Å²) in [6, 6.07) is 12.3. The number of halogens is 1. The number of amides is 3. The maximum atomic E-state index is 13.0. The maximum absolute atomic E-state index is 13.0. The maximum Gasteiger partial charge on any atom is 0.251 e. The molecule has 35 heavy (non-hydrogen) atoms. The van der Waals surface area contributed by atoms with Crippen LogP contribution in [0.1, 0.15) is 65.7 Å². The number of H-pyrrole nitrogens is 1. The lowest BCUT2D eigenvalue weighted by Gasteiger charge is -2.33. The molecular weight excluding hydrogens is 464 g/mol. The van der Waals surface area contributed by atoms with E-state index < -0.39 is 0 Å². The fraction of sp³-hybridized carbons (Fsp3) is 0.370. The number of rotatable bonds is 5. The summed E-state index contributed by atoms with van der Waals surface area (Å²) in [7, 11) is 0. The first kappa shape index (κ1) is 23.4. The monoisotopic (exact) mass is 492 g/mol. The molecule has 8 heteroatoms. The van der Waals surface area contributed by atoms with E-state index in [4.69, 9.17) is 11.6 Å². The molecule has 0 spiro atoms. The van der Waals surface area contributed by atoms with Crippen molar-refractivity contribution in [1.29, 1.82) is 0 Å². The molecule has 1 aliphatic carbocycles. The van der Waals surface area contributed by atoms with Crippen molar-refractivity contribution in [1.82, 2.24) is 15.6 Å². The van der Waals surface area contributed by atoms with Gasteiger partial charge in [0.2, 0.25) is 5.91 Å². The molecule has 1 saturated carbocycles. The average molecular weight is 493 g/mol. The van der Waals surface area contributed by atoms with Gasteiger partial charge in [0.1, 0.15) is 0 Å². The molecule has 1 unspecified atom stereocenters. The van der Waals surface area contributed by atoms with Gasteiger partial charge in [0.25, 0.3) is 11.8 Å². The smallest absolute Gasteiger partial charge is 0.251 e. The number of hydrogen-bond donors (Lipinski definition) is 3. The summed E-state index contributed by atoms with van der Waals surface area (Å²) < 4.78 is 0. The second-order valence-electron chi connectivity index (χ2n) is 9.39. The third-order valence-electron chi connectivity index (χ3n) is 7.06. The van der Waals surface area contributed by atoms with Crippen LogP contribution in [0, 0.1) is 0 Å². The molecule has 3 amide bonds. The van der Waals surface area contributed by atoms with Crippen molar-refractivity contribution >= 4 is 45.9 Å². The van der Waals surface area contributed by atoms with Crippen LogP contribution < -0.4 is 15.5 Å². The highest BCUT2D eigenvalue weighted by atomic mass is 35.5. The molecular formula is C27H29ClN4O3. The van der Waals surface area contributed by atoms with E-state index in [1.165, 1.54) is 0 Å². The van der Waals surface area contributed by atoms with Gasteiger partial charge < -0.3 is 20.5 Å². The molecule has 182 valence electrons. The molecule has 2 aliphatic rings. The summed E-state index contributed by atoms with van der Waals surface area (Å²) in [5.74, 6) is -0.206. The van der Waals surface area contributed by atoms with Crippen molar-refractivity contribution in [3.8, 4) is 0 Å². The zero-order valence-corrected chi connectivity index (χ0v) is 20.2. The lowest BCUT2D eigenvalue weighted by Crippen LogP contribution is -2.53. The Morgan fingerprint density at radius 1 is 0.886 bits per heavy atom. The lowest BCUT2D eigenvalue weighted by atomic mass is 9.89. The highest BCUT2D eigenvalue weighted by molar-refractivity contribution is 6.35. The Hall–Kier alpha value is -3.32. The number of aromatic amines is 1. The molecule has 1 aliphatic heterocycles. The summed E-state index contributed by atoms with van der Waals surface area (Å²) >= 11 is 6.14. The van der Waals surface area contributed by atoms with Gasteiger partial charge in [-0.3, -0.25) is 14.4 Å². The van der Waals surface area contributed by atoms with Gasteiger partial charge in [-0.25, -0.2) is 0 Å². The van der Waals surface area contributed by atoms with Crippen LogP contribution in [0.5, 0.6) is 0 Å². The van der Waals surface area contributed by atoms with E-state index in [1.54, 1.807) is 35.4 Å². The first-order valence-corrected chi connectivity index (χ1v) is 12.7. The van der Waals surface area contributed by atoms with Crippen molar-refractivity contribution in [2.45, 2.75) is 57.0 Å². The first-order chi connectivity index (χ1) is 17.0. The zero-order chi connectivity index (χ0) is 24.4. The predicted octanol–water partition coefficient (Wildman–Crippen LogP) is 4.81. The van der Waals surface area contributed by atoms with Crippen LogP contribution in [-0.4, -0.2) is 41.3 Å². The van der Waals surface area contributed by atoms with E-state index in [0.717, 1.165) is 61.7 Å². The predicted molar refractivity (Wildman–Crippen MR) is 137 cm³/mol. The number of nitrogens with one attached hydrogen (secondary N) is 3. The number of carbonyl (C=O) groups is 3. The van der Waals surface area contributed by atoms with Gasteiger partial charge in [-0.15, -0.1) is 0 Å². The van der Waals surface area contributed by atoms with Gasteiger partial charge in [0, 0.05) is 59.0 Å². The average Bonchev–Trinajstić information content (AvgIpc) is 3.25. The van der Waals surface area contributed by atoms with Crippen molar-refractivity contribution < 1.29 is 14.4 Å².